The molecule has 30 heavy (non-hydrogen) atoms. The molecule has 0 bridgehead atoms. The molecule has 2 heterocycles. The molecule has 2 amide bonds. The number of amides is 2. The Morgan fingerprint density at radius 3 is 2.60 bits per heavy atom. The predicted octanol–water partition coefficient (Wildman–Crippen LogP) is 4.66. The summed E-state index contributed by atoms with van der Waals surface area (Å²) in [5, 5.41) is 10.7. The van der Waals surface area contributed by atoms with Crippen molar-refractivity contribution in [3.8, 4) is 0 Å². The first-order chi connectivity index (χ1) is 14.5. The first-order valence-corrected chi connectivity index (χ1v) is 11.8. The SMILES string of the molecule is Cc1ccc(N(C(=O)c2csnn2)[C@H](C(=O)NC2CCCC2)c2cccs2)cc1C. The number of aromatic nitrogens is 2. The number of hydrogen-bond donors (Lipinski definition) is 1. The Morgan fingerprint density at radius 2 is 1.97 bits per heavy atom. The monoisotopic (exact) mass is 440 g/mol. The summed E-state index contributed by atoms with van der Waals surface area (Å²) in [6, 6.07) is 9.04. The average Bonchev–Trinajstić information content (AvgIpc) is 3.50. The summed E-state index contributed by atoms with van der Waals surface area (Å²) in [5.41, 5.74) is 3.11. The fraction of sp³-hybridized carbons (Fsp3) is 0.364. The molecule has 0 unspecified atom stereocenters. The Hall–Kier alpha value is -2.58. The van der Waals surface area contributed by atoms with E-state index in [1.54, 1.807) is 10.3 Å². The van der Waals surface area contributed by atoms with Gasteiger partial charge in [-0.3, -0.25) is 14.5 Å². The van der Waals surface area contributed by atoms with E-state index in [-0.39, 0.29) is 23.6 Å². The third kappa shape index (κ3) is 4.29. The topological polar surface area (TPSA) is 75.2 Å². The van der Waals surface area contributed by atoms with Crippen molar-refractivity contribution in [2.24, 2.45) is 0 Å². The molecule has 4 rings (SSSR count). The maximum absolute atomic E-state index is 13.5. The molecule has 1 aromatic carbocycles. The quantitative estimate of drug-likeness (QED) is 0.605. The van der Waals surface area contributed by atoms with Crippen molar-refractivity contribution in [2.45, 2.75) is 51.6 Å². The van der Waals surface area contributed by atoms with Crippen molar-refractivity contribution in [3.63, 3.8) is 0 Å². The minimum atomic E-state index is -0.762. The molecule has 3 aromatic rings. The van der Waals surface area contributed by atoms with Crippen LogP contribution in [-0.2, 0) is 4.79 Å². The molecule has 0 aliphatic heterocycles. The maximum atomic E-state index is 13.5. The number of thiophene rings is 1. The molecule has 8 heteroatoms. The number of nitrogens with one attached hydrogen (secondary N) is 1. The Balaban J connectivity index is 1.78. The average molecular weight is 441 g/mol. The summed E-state index contributed by atoms with van der Waals surface area (Å²) >= 11 is 2.60. The van der Waals surface area contributed by atoms with Crippen LogP contribution >= 0.6 is 22.9 Å². The van der Waals surface area contributed by atoms with Crippen LogP contribution < -0.4 is 10.2 Å². The number of nitrogens with zero attached hydrogens (tertiary/aromatic N) is 3. The molecule has 2 aromatic heterocycles. The number of benzene rings is 1. The lowest BCUT2D eigenvalue weighted by atomic mass is 10.1. The van der Waals surface area contributed by atoms with E-state index >= 15 is 0 Å². The first kappa shape index (κ1) is 20.7. The van der Waals surface area contributed by atoms with Gasteiger partial charge in [-0.15, -0.1) is 16.4 Å². The van der Waals surface area contributed by atoms with Crippen LogP contribution in [0.1, 0.15) is 58.2 Å². The van der Waals surface area contributed by atoms with Gasteiger partial charge >= 0.3 is 0 Å². The molecular weight excluding hydrogens is 416 g/mol. The van der Waals surface area contributed by atoms with E-state index in [4.69, 9.17) is 0 Å². The molecule has 1 saturated carbocycles. The normalized spacial score (nSPS) is 15.1. The van der Waals surface area contributed by atoms with E-state index in [0.29, 0.717) is 5.69 Å². The second-order valence-corrected chi connectivity index (χ2v) is 9.23. The Morgan fingerprint density at radius 1 is 1.17 bits per heavy atom. The fourth-order valence-corrected chi connectivity index (χ4v) is 5.05. The van der Waals surface area contributed by atoms with Gasteiger partial charge < -0.3 is 5.32 Å². The van der Waals surface area contributed by atoms with Gasteiger partial charge in [0.15, 0.2) is 11.7 Å². The van der Waals surface area contributed by atoms with Gasteiger partial charge in [-0.05, 0) is 72.9 Å². The zero-order valence-electron chi connectivity index (χ0n) is 17.0. The lowest BCUT2D eigenvalue weighted by Crippen LogP contribution is -2.46. The van der Waals surface area contributed by atoms with E-state index in [9.17, 15) is 9.59 Å². The van der Waals surface area contributed by atoms with Gasteiger partial charge in [0.2, 0.25) is 5.91 Å². The molecule has 1 fully saturated rings. The minimum absolute atomic E-state index is 0.154. The summed E-state index contributed by atoms with van der Waals surface area (Å²) in [5.74, 6) is -0.480. The number of carbonyl (C=O) groups is 2. The molecule has 0 radical (unpaired) electrons. The van der Waals surface area contributed by atoms with Crippen molar-refractivity contribution in [2.75, 3.05) is 4.90 Å². The lowest BCUT2D eigenvalue weighted by molar-refractivity contribution is -0.123. The van der Waals surface area contributed by atoms with Gasteiger partial charge in [-0.25, -0.2) is 0 Å². The summed E-state index contributed by atoms with van der Waals surface area (Å²) in [6.07, 6.45) is 4.21. The van der Waals surface area contributed by atoms with Crippen LogP contribution in [0.25, 0.3) is 0 Å². The molecule has 1 aliphatic carbocycles. The largest absolute Gasteiger partial charge is 0.351 e. The number of hydrogen-bond acceptors (Lipinski definition) is 6. The number of carbonyl (C=O) groups excluding carboxylic acids is 2. The number of anilines is 1. The molecule has 1 N–H and O–H groups in total. The van der Waals surface area contributed by atoms with Crippen molar-refractivity contribution in [1.29, 1.82) is 0 Å². The highest BCUT2D eigenvalue weighted by Gasteiger charge is 2.36. The highest BCUT2D eigenvalue weighted by atomic mass is 32.1. The second kappa shape index (κ2) is 9.06. The van der Waals surface area contributed by atoms with Gasteiger partial charge in [0.05, 0.1) is 0 Å². The smallest absolute Gasteiger partial charge is 0.280 e. The van der Waals surface area contributed by atoms with Gasteiger partial charge in [-0.2, -0.15) is 0 Å². The van der Waals surface area contributed by atoms with E-state index in [2.05, 4.69) is 14.9 Å². The molecule has 1 atom stereocenters. The van der Waals surface area contributed by atoms with Crippen molar-refractivity contribution in [1.82, 2.24) is 14.9 Å². The standard InChI is InChI=1S/C22H24N4O2S2/c1-14-9-10-17(12-15(14)2)26(22(28)18-13-30-25-24-18)20(19-8-5-11-29-19)21(27)23-16-6-3-4-7-16/h5,8-13,16,20H,3-4,6-7H2,1-2H3,(H,23,27)/t20-/m0/s1. The van der Waals surface area contributed by atoms with Crippen molar-refractivity contribution in [3.05, 3.63) is 62.8 Å². The summed E-state index contributed by atoms with van der Waals surface area (Å²) in [7, 11) is 0. The summed E-state index contributed by atoms with van der Waals surface area (Å²) in [4.78, 5) is 29.4. The summed E-state index contributed by atoms with van der Waals surface area (Å²) in [6.45, 7) is 4.03. The predicted molar refractivity (Wildman–Crippen MR) is 120 cm³/mol. The third-order valence-corrected chi connectivity index (χ3v) is 7.02. The lowest BCUT2D eigenvalue weighted by Gasteiger charge is -2.31. The van der Waals surface area contributed by atoms with Crippen LogP contribution in [0.4, 0.5) is 5.69 Å². The third-order valence-electron chi connectivity index (χ3n) is 5.59. The number of rotatable bonds is 6. The van der Waals surface area contributed by atoms with Crippen molar-refractivity contribution < 1.29 is 9.59 Å². The van der Waals surface area contributed by atoms with Crippen LogP contribution in [-0.4, -0.2) is 27.4 Å². The van der Waals surface area contributed by atoms with Crippen LogP contribution in [0.15, 0.2) is 41.1 Å². The minimum Gasteiger partial charge on any atom is -0.351 e. The van der Waals surface area contributed by atoms with Crippen LogP contribution in [0.2, 0.25) is 0 Å². The Labute approximate surface area is 184 Å². The number of aryl methyl sites for hydroxylation is 2. The van der Waals surface area contributed by atoms with Crippen LogP contribution in [0.3, 0.4) is 0 Å². The highest BCUT2D eigenvalue weighted by Crippen LogP contribution is 2.33. The molecule has 0 saturated heterocycles. The second-order valence-electron chi connectivity index (χ2n) is 7.64. The zero-order chi connectivity index (χ0) is 21.1. The van der Waals surface area contributed by atoms with Crippen LogP contribution in [0, 0.1) is 13.8 Å². The first-order valence-electron chi connectivity index (χ1n) is 10.1. The van der Waals surface area contributed by atoms with E-state index < -0.39 is 6.04 Å². The molecule has 1 aliphatic rings. The highest BCUT2D eigenvalue weighted by molar-refractivity contribution is 7.10. The van der Waals surface area contributed by atoms with Gasteiger partial charge in [-0.1, -0.05) is 29.5 Å². The molecular formula is C22H24N4O2S2. The van der Waals surface area contributed by atoms with Crippen molar-refractivity contribution >= 4 is 40.4 Å². The van der Waals surface area contributed by atoms with Gasteiger partial charge in [0, 0.05) is 22.0 Å². The van der Waals surface area contributed by atoms with Gasteiger partial charge in [0.25, 0.3) is 5.91 Å². The zero-order valence-corrected chi connectivity index (χ0v) is 18.6. The van der Waals surface area contributed by atoms with Gasteiger partial charge in [0.1, 0.15) is 0 Å². The van der Waals surface area contributed by atoms with Crippen LogP contribution in [0.5, 0.6) is 0 Å². The van der Waals surface area contributed by atoms with E-state index in [0.717, 1.165) is 53.2 Å². The summed E-state index contributed by atoms with van der Waals surface area (Å²) < 4.78 is 3.85. The Kier molecular flexibility index (Phi) is 6.24. The molecule has 6 nitrogen and oxygen atoms in total. The van der Waals surface area contributed by atoms with E-state index in [1.165, 1.54) is 11.3 Å². The fourth-order valence-electron chi connectivity index (χ4n) is 3.81. The Bertz CT molecular complexity index is 1010. The van der Waals surface area contributed by atoms with E-state index in [1.807, 2.05) is 49.6 Å². The molecule has 0 spiro atoms. The molecule has 156 valence electrons. The maximum Gasteiger partial charge on any atom is 0.280 e.